The van der Waals surface area contributed by atoms with Gasteiger partial charge in [-0.3, -0.25) is 4.79 Å². The van der Waals surface area contributed by atoms with Crippen molar-refractivity contribution in [1.82, 2.24) is 4.90 Å². The quantitative estimate of drug-likeness (QED) is 0.637. The van der Waals surface area contributed by atoms with E-state index in [-0.39, 0.29) is 0 Å². The van der Waals surface area contributed by atoms with E-state index in [1.165, 1.54) is 0 Å². The van der Waals surface area contributed by atoms with Crippen LogP contribution in [0, 0.1) is 0 Å². The minimum Gasteiger partial charge on any atom is -0.383 e. The van der Waals surface area contributed by atoms with E-state index in [1.807, 2.05) is 25.2 Å². The molecule has 0 aromatic rings. The van der Waals surface area contributed by atoms with Crippen LogP contribution in [0.1, 0.15) is 19.3 Å². The number of aldehydes is 1. The van der Waals surface area contributed by atoms with Crippen LogP contribution in [-0.2, 0) is 4.79 Å². The number of nitrogens with zero attached hydrogens (tertiary/aromatic N) is 1. The first-order chi connectivity index (χ1) is 6.15. The second-order valence-electron chi connectivity index (χ2n) is 3.43. The monoisotopic (exact) mass is 199 g/mol. The number of carbonyl (C=O) groups excluding carboxylic acids is 1. The fourth-order valence-corrected chi connectivity index (χ4v) is 1.72. The maximum absolute atomic E-state index is 10.6. The number of allylic oxidation sites excluding steroid dienone is 3. The van der Waals surface area contributed by atoms with Crippen LogP contribution in [0.5, 0.6) is 0 Å². The zero-order valence-corrected chi connectivity index (χ0v) is 8.77. The molecule has 0 bridgehead atoms. The van der Waals surface area contributed by atoms with E-state index in [0.29, 0.717) is 5.03 Å². The number of carbonyl (C=O) groups is 1. The van der Waals surface area contributed by atoms with Gasteiger partial charge in [0.2, 0.25) is 0 Å². The first-order valence-corrected chi connectivity index (χ1v) is 4.74. The van der Waals surface area contributed by atoms with Crippen molar-refractivity contribution in [3.8, 4) is 0 Å². The van der Waals surface area contributed by atoms with E-state index in [9.17, 15) is 4.79 Å². The molecule has 0 unspecified atom stereocenters. The summed E-state index contributed by atoms with van der Waals surface area (Å²) in [5.41, 5.74) is 1.81. The van der Waals surface area contributed by atoms with Crippen LogP contribution in [-0.4, -0.2) is 25.3 Å². The standard InChI is InChI=1S/C10H14ClNO/c1-12(2)6-8-4-3-5-9(7-13)10(8)11/h6-7H,3-5H2,1-2H3/b8-6-. The summed E-state index contributed by atoms with van der Waals surface area (Å²) in [4.78, 5) is 12.6. The Kier molecular flexibility index (Phi) is 3.55. The third-order valence-corrected chi connectivity index (χ3v) is 2.50. The highest BCUT2D eigenvalue weighted by atomic mass is 35.5. The average molecular weight is 200 g/mol. The van der Waals surface area contributed by atoms with Crippen LogP contribution in [0.4, 0.5) is 0 Å². The first kappa shape index (κ1) is 10.3. The van der Waals surface area contributed by atoms with Gasteiger partial charge in [-0.05, 0) is 24.8 Å². The molecule has 2 nitrogen and oxygen atoms in total. The van der Waals surface area contributed by atoms with E-state index in [2.05, 4.69) is 0 Å². The molecule has 0 saturated carbocycles. The molecule has 0 aromatic heterocycles. The van der Waals surface area contributed by atoms with Crippen molar-refractivity contribution in [2.24, 2.45) is 0 Å². The van der Waals surface area contributed by atoms with Crippen LogP contribution >= 0.6 is 11.6 Å². The molecule has 1 aliphatic carbocycles. The largest absolute Gasteiger partial charge is 0.383 e. The van der Waals surface area contributed by atoms with Gasteiger partial charge in [-0.2, -0.15) is 0 Å². The van der Waals surface area contributed by atoms with E-state index >= 15 is 0 Å². The molecular weight excluding hydrogens is 186 g/mol. The Hall–Kier alpha value is -0.760. The number of hydrogen-bond donors (Lipinski definition) is 0. The molecule has 0 spiro atoms. The lowest BCUT2D eigenvalue weighted by Gasteiger charge is -2.17. The Balaban J connectivity index is 2.94. The number of rotatable bonds is 2. The highest BCUT2D eigenvalue weighted by molar-refractivity contribution is 6.33. The smallest absolute Gasteiger partial charge is 0.147 e. The van der Waals surface area contributed by atoms with Crippen LogP contribution in [0.25, 0.3) is 0 Å². The highest BCUT2D eigenvalue weighted by Crippen LogP contribution is 2.31. The van der Waals surface area contributed by atoms with Gasteiger partial charge in [0.25, 0.3) is 0 Å². The molecule has 0 radical (unpaired) electrons. The predicted molar refractivity (Wildman–Crippen MR) is 54.6 cm³/mol. The molecule has 0 amide bonds. The lowest BCUT2D eigenvalue weighted by atomic mass is 9.96. The molecular formula is C10H14ClNO. The predicted octanol–water partition coefficient (Wildman–Crippen LogP) is 2.31. The Morgan fingerprint density at radius 1 is 1.38 bits per heavy atom. The van der Waals surface area contributed by atoms with Crippen LogP contribution in [0.15, 0.2) is 22.4 Å². The Labute approximate surface area is 83.9 Å². The summed E-state index contributed by atoms with van der Waals surface area (Å²) in [5.74, 6) is 0. The van der Waals surface area contributed by atoms with Gasteiger partial charge in [0.05, 0.1) is 5.03 Å². The molecule has 0 atom stereocenters. The summed E-state index contributed by atoms with van der Waals surface area (Å²) in [6.45, 7) is 0. The summed E-state index contributed by atoms with van der Waals surface area (Å²) < 4.78 is 0. The second kappa shape index (κ2) is 4.47. The summed E-state index contributed by atoms with van der Waals surface area (Å²) in [6, 6.07) is 0. The molecule has 1 rings (SSSR count). The second-order valence-corrected chi connectivity index (χ2v) is 3.81. The summed E-state index contributed by atoms with van der Waals surface area (Å²) in [6.07, 6.45) is 5.64. The van der Waals surface area contributed by atoms with Crippen LogP contribution in [0.2, 0.25) is 0 Å². The molecule has 3 heteroatoms. The summed E-state index contributed by atoms with van der Waals surface area (Å²) in [7, 11) is 3.90. The highest BCUT2D eigenvalue weighted by Gasteiger charge is 2.15. The average Bonchev–Trinajstić information content (AvgIpc) is 2.08. The van der Waals surface area contributed by atoms with Gasteiger partial charge in [-0.15, -0.1) is 0 Å². The van der Waals surface area contributed by atoms with Crippen molar-refractivity contribution in [1.29, 1.82) is 0 Å². The molecule has 13 heavy (non-hydrogen) atoms. The third-order valence-electron chi connectivity index (χ3n) is 2.01. The Bertz CT molecular complexity index is 266. The first-order valence-electron chi connectivity index (χ1n) is 4.36. The lowest BCUT2D eigenvalue weighted by Crippen LogP contribution is -2.07. The van der Waals surface area contributed by atoms with Gasteiger partial charge in [-0.25, -0.2) is 0 Å². The molecule has 0 fully saturated rings. The van der Waals surface area contributed by atoms with Gasteiger partial charge in [-0.1, -0.05) is 11.6 Å². The van der Waals surface area contributed by atoms with Crippen molar-refractivity contribution in [3.63, 3.8) is 0 Å². The molecule has 0 saturated heterocycles. The van der Waals surface area contributed by atoms with Crippen molar-refractivity contribution in [2.45, 2.75) is 19.3 Å². The minimum absolute atomic E-state index is 0.648. The fourth-order valence-electron chi connectivity index (χ4n) is 1.44. The van der Waals surface area contributed by atoms with Crippen LogP contribution < -0.4 is 0 Å². The lowest BCUT2D eigenvalue weighted by molar-refractivity contribution is -0.105. The Morgan fingerprint density at radius 3 is 2.62 bits per heavy atom. The van der Waals surface area contributed by atoms with Crippen molar-refractivity contribution >= 4 is 17.9 Å². The number of halogens is 1. The van der Waals surface area contributed by atoms with Crippen molar-refractivity contribution < 1.29 is 4.79 Å². The molecule has 0 aromatic carbocycles. The van der Waals surface area contributed by atoms with E-state index < -0.39 is 0 Å². The fraction of sp³-hybridized carbons (Fsp3) is 0.500. The van der Waals surface area contributed by atoms with E-state index in [1.54, 1.807) is 0 Å². The zero-order valence-electron chi connectivity index (χ0n) is 8.01. The van der Waals surface area contributed by atoms with Crippen molar-refractivity contribution in [2.75, 3.05) is 14.1 Å². The Morgan fingerprint density at radius 2 is 2.08 bits per heavy atom. The van der Waals surface area contributed by atoms with Gasteiger partial charge in [0, 0.05) is 25.9 Å². The van der Waals surface area contributed by atoms with Gasteiger partial charge in [0.1, 0.15) is 6.29 Å². The van der Waals surface area contributed by atoms with Gasteiger partial charge < -0.3 is 4.90 Å². The zero-order chi connectivity index (χ0) is 9.84. The maximum atomic E-state index is 10.6. The van der Waals surface area contributed by atoms with E-state index in [0.717, 1.165) is 36.7 Å². The molecule has 72 valence electrons. The molecule has 0 heterocycles. The molecule has 0 N–H and O–H groups in total. The number of hydrogen-bond acceptors (Lipinski definition) is 2. The summed E-state index contributed by atoms with van der Waals surface area (Å²) in [5, 5.41) is 0.648. The van der Waals surface area contributed by atoms with Crippen LogP contribution in [0.3, 0.4) is 0 Å². The SMILES string of the molecule is CN(C)/C=C1/CCCC(C=O)=C1Cl. The molecule has 1 aliphatic rings. The topological polar surface area (TPSA) is 20.3 Å². The van der Waals surface area contributed by atoms with Gasteiger partial charge in [0.15, 0.2) is 0 Å². The molecule has 0 aliphatic heterocycles. The maximum Gasteiger partial charge on any atom is 0.147 e. The van der Waals surface area contributed by atoms with Crippen molar-refractivity contribution in [3.05, 3.63) is 22.4 Å². The normalized spacial score (nSPS) is 20.7. The van der Waals surface area contributed by atoms with Gasteiger partial charge >= 0.3 is 0 Å². The third kappa shape index (κ3) is 2.59. The van der Waals surface area contributed by atoms with E-state index in [4.69, 9.17) is 11.6 Å². The minimum atomic E-state index is 0.648. The summed E-state index contributed by atoms with van der Waals surface area (Å²) >= 11 is 6.05.